The number of fused-ring (bicyclic) bond motifs is 1. The number of hydrogen-bond acceptors (Lipinski definition) is 5. The largest absolute Gasteiger partial charge is 0.383 e. The number of carbonyl (C=O) groups excluding carboxylic acids is 2. The number of carbonyl (C=O) groups is 2. The van der Waals surface area contributed by atoms with Crippen molar-refractivity contribution in [2.75, 3.05) is 40.0 Å². The second-order valence-electron chi connectivity index (χ2n) is 6.41. The van der Waals surface area contributed by atoms with Gasteiger partial charge in [0.05, 0.1) is 18.1 Å². The van der Waals surface area contributed by atoms with E-state index in [1.165, 1.54) is 0 Å². The Balaban J connectivity index is 1.67. The zero-order valence-corrected chi connectivity index (χ0v) is 15.2. The number of amides is 2. The highest BCUT2D eigenvalue weighted by Crippen LogP contribution is 2.41. The van der Waals surface area contributed by atoms with Crippen molar-refractivity contribution in [3.05, 3.63) is 28.5 Å². The molecule has 2 amide bonds. The molecule has 0 aliphatic carbocycles. The maximum Gasteiger partial charge on any atom is 0.246 e. The van der Waals surface area contributed by atoms with Crippen LogP contribution in [0.3, 0.4) is 0 Å². The lowest BCUT2D eigenvalue weighted by molar-refractivity contribution is -0.144. The number of nitrogens with zero attached hydrogens (tertiary/aromatic N) is 1. The molecule has 7 heteroatoms. The Bertz CT molecular complexity index is 631. The van der Waals surface area contributed by atoms with Gasteiger partial charge in [0.25, 0.3) is 0 Å². The molecule has 3 rings (SSSR count). The minimum absolute atomic E-state index is 0.0354. The van der Waals surface area contributed by atoms with Crippen LogP contribution in [0, 0.1) is 5.41 Å². The van der Waals surface area contributed by atoms with Crippen molar-refractivity contribution in [3.8, 4) is 0 Å². The molecule has 0 spiro atoms. The van der Waals surface area contributed by atoms with Crippen LogP contribution in [0.1, 0.15) is 17.7 Å². The van der Waals surface area contributed by atoms with Crippen LogP contribution >= 0.6 is 11.3 Å². The zero-order valence-electron chi connectivity index (χ0n) is 14.4. The minimum atomic E-state index is -0.640. The quantitative estimate of drug-likeness (QED) is 0.614. The zero-order chi connectivity index (χ0) is 17.7. The second-order valence-corrected chi connectivity index (χ2v) is 7.39. The van der Waals surface area contributed by atoms with E-state index in [-0.39, 0.29) is 17.9 Å². The van der Waals surface area contributed by atoms with Crippen LogP contribution in [0.5, 0.6) is 0 Å². The molecule has 2 aliphatic heterocycles. The van der Waals surface area contributed by atoms with E-state index < -0.39 is 5.41 Å². The number of thiophene rings is 1. The van der Waals surface area contributed by atoms with Gasteiger partial charge in [0.2, 0.25) is 11.8 Å². The van der Waals surface area contributed by atoms with Crippen LogP contribution in [0.2, 0.25) is 0 Å². The smallest absolute Gasteiger partial charge is 0.246 e. The summed E-state index contributed by atoms with van der Waals surface area (Å²) in [5.74, 6) is -0.0883. The van der Waals surface area contributed by atoms with Gasteiger partial charge in [-0.25, -0.2) is 0 Å². The van der Waals surface area contributed by atoms with E-state index in [0.717, 1.165) is 4.88 Å². The Morgan fingerprint density at radius 3 is 3.20 bits per heavy atom. The monoisotopic (exact) mass is 364 g/mol. The standard InChI is InChI=1S/C18H24N2O4S/c1-23-11-8-19-17(22)18-7-10-24-15(18)6-9-20(13-18)16(21)5-4-14-3-2-12-25-14/h2-5,12,15H,6-11,13H2,1H3,(H,19,22)/b5-4+/t15-,18-/m1/s1. The van der Waals surface area contributed by atoms with Crippen molar-refractivity contribution in [2.24, 2.45) is 5.41 Å². The average Bonchev–Trinajstić information content (AvgIpc) is 3.29. The Hall–Kier alpha value is -1.70. The predicted molar refractivity (Wildman–Crippen MR) is 96.2 cm³/mol. The number of nitrogens with one attached hydrogen (secondary N) is 1. The van der Waals surface area contributed by atoms with Crippen molar-refractivity contribution in [2.45, 2.75) is 18.9 Å². The molecule has 2 fully saturated rings. The average molecular weight is 364 g/mol. The van der Waals surface area contributed by atoms with Gasteiger partial charge >= 0.3 is 0 Å². The second kappa shape index (κ2) is 8.12. The Morgan fingerprint density at radius 1 is 1.56 bits per heavy atom. The highest BCUT2D eigenvalue weighted by Gasteiger charge is 2.53. The van der Waals surface area contributed by atoms with Crippen molar-refractivity contribution < 1.29 is 19.1 Å². The van der Waals surface area contributed by atoms with Gasteiger partial charge in [-0.1, -0.05) is 6.07 Å². The highest BCUT2D eigenvalue weighted by molar-refractivity contribution is 7.10. The van der Waals surface area contributed by atoms with E-state index in [0.29, 0.717) is 45.7 Å². The number of ether oxygens (including phenoxy) is 2. The molecule has 0 aromatic carbocycles. The SMILES string of the molecule is COCCNC(=O)[C@@]12CCO[C@@H]1CCN(C(=O)/C=C/c1cccs1)C2. The molecule has 0 bridgehead atoms. The molecule has 1 N–H and O–H groups in total. The van der Waals surface area contributed by atoms with E-state index >= 15 is 0 Å². The van der Waals surface area contributed by atoms with E-state index in [9.17, 15) is 9.59 Å². The summed E-state index contributed by atoms with van der Waals surface area (Å²) >= 11 is 1.59. The molecule has 6 nitrogen and oxygen atoms in total. The van der Waals surface area contributed by atoms with Crippen LogP contribution in [0.25, 0.3) is 6.08 Å². The third-order valence-corrected chi connectivity index (χ3v) is 5.74. The van der Waals surface area contributed by atoms with Crippen molar-refractivity contribution >= 4 is 29.2 Å². The molecule has 2 atom stereocenters. The molecular weight excluding hydrogens is 340 g/mol. The summed E-state index contributed by atoms with van der Waals surface area (Å²) in [7, 11) is 1.60. The summed E-state index contributed by atoms with van der Waals surface area (Å²) in [6, 6.07) is 3.92. The third-order valence-electron chi connectivity index (χ3n) is 4.91. The summed E-state index contributed by atoms with van der Waals surface area (Å²) in [5.41, 5.74) is -0.640. The van der Waals surface area contributed by atoms with Crippen LogP contribution in [-0.4, -0.2) is 62.8 Å². The Morgan fingerprint density at radius 2 is 2.44 bits per heavy atom. The number of likely N-dealkylation sites (tertiary alicyclic amines) is 1. The summed E-state index contributed by atoms with van der Waals surface area (Å²) in [6.45, 7) is 2.53. The van der Waals surface area contributed by atoms with Gasteiger partial charge in [-0.3, -0.25) is 9.59 Å². The lowest BCUT2D eigenvalue weighted by atomic mass is 9.75. The van der Waals surface area contributed by atoms with Crippen molar-refractivity contribution in [1.82, 2.24) is 10.2 Å². The van der Waals surface area contributed by atoms with Crippen LogP contribution in [0.15, 0.2) is 23.6 Å². The van der Waals surface area contributed by atoms with Crippen molar-refractivity contribution in [3.63, 3.8) is 0 Å². The van der Waals surface area contributed by atoms with Gasteiger partial charge in [0.15, 0.2) is 0 Å². The molecule has 0 saturated carbocycles. The Labute approximate surface area is 151 Å². The molecule has 1 aromatic heterocycles. The minimum Gasteiger partial charge on any atom is -0.383 e. The molecule has 25 heavy (non-hydrogen) atoms. The molecule has 3 heterocycles. The van der Waals surface area contributed by atoms with E-state index in [4.69, 9.17) is 9.47 Å². The first-order valence-electron chi connectivity index (χ1n) is 8.55. The van der Waals surface area contributed by atoms with E-state index in [1.54, 1.807) is 29.4 Å². The lowest BCUT2D eigenvalue weighted by Gasteiger charge is -2.42. The van der Waals surface area contributed by atoms with Crippen LogP contribution in [0.4, 0.5) is 0 Å². The highest BCUT2D eigenvalue weighted by atomic mass is 32.1. The summed E-state index contributed by atoms with van der Waals surface area (Å²) in [6.07, 6.45) is 4.65. The fourth-order valence-corrected chi connectivity index (χ4v) is 4.16. The summed E-state index contributed by atoms with van der Waals surface area (Å²) in [4.78, 5) is 28.2. The summed E-state index contributed by atoms with van der Waals surface area (Å²) in [5, 5.41) is 4.91. The first kappa shape index (κ1) is 18.1. The van der Waals surface area contributed by atoms with E-state index in [1.807, 2.05) is 23.6 Å². The maximum absolute atomic E-state index is 12.8. The summed E-state index contributed by atoms with van der Waals surface area (Å²) < 4.78 is 10.8. The lowest BCUT2D eigenvalue weighted by Crippen LogP contribution is -2.58. The first-order chi connectivity index (χ1) is 12.2. The number of rotatable bonds is 6. The fourth-order valence-electron chi connectivity index (χ4n) is 3.54. The Kier molecular flexibility index (Phi) is 5.88. The number of methoxy groups -OCH3 is 1. The normalized spacial score (nSPS) is 26.0. The number of piperidine rings is 1. The van der Waals surface area contributed by atoms with Gasteiger partial charge in [-0.05, 0) is 30.4 Å². The molecule has 0 unspecified atom stereocenters. The van der Waals surface area contributed by atoms with Gasteiger partial charge < -0.3 is 19.7 Å². The molecule has 136 valence electrons. The molecule has 0 radical (unpaired) electrons. The number of hydrogen-bond donors (Lipinski definition) is 1. The van der Waals surface area contributed by atoms with E-state index in [2.05, 4.69) is 5.32 Å². The fraction of sp³-hybridized carbons (Fsp3) is 0.556. The maximum atomic E-state index is 12.8. The van der Waals surface area contributed by atoms with Gasteiger partial charge in [0, 0.05) is 44.3 Å². The van der Waals surface area contributed by atoms with Crippen LogP contribution in [-0.2, 0) is 19.1 Å². The molecule has 2 aliphatic rings. The molecule has 2 saturated heterocycles. The third kappa shape index (κ3) is 3.94. The molecular formula is C18H24N2O4S. The van der Waals surface area contributed by atoms with Gasteiger partial charge in [-0.15, -0.1) is 11.3 Å². The first-order valence-corrected chi connectivity index (χ1v) is 9.43. The predicted octanol–water partition coefficient (Wildman–Crippen LogP) is 1.53. The van der Waals surface area contributed by atoms with Gasteiger partial charge in [0.1, 0.15) is 0 Å². The van der Waals surface area contributed by atoms with Crippen molar-refractivity contribution in [1.29, 1.82) is 0 Å². The van der Waals surface area contributed by atoms with Crippen LogP contribution < -0.4 is 5.32 Å². The topological polar surface area (TPSA) is 67.9 Å². The van der Waals surface area contributed by atoms with Gasteiger partial charge in [-0.2, -0.15) is 0 Å². The molecule has 1 aromatic rings.